The van der Waals surface area contributed by atoms with Gasteiger partial charge in [-0.15, -0.1) is 0 Å². The number of benzene rings is 1. The van der Waals surface area contributed by atoms with Crippen molar-refractivity contribution in [3.05, 3.63) is 35.6 Å². The molecule has 4 nitrogen and oxygen atoms in total. The highest BCUT2D eigenvalue weighted by Gasteiger charge is 2.37. The Balaban J connectivity index is 1.62. The maximum atomic E-state index is 13.0. The van der Waals surface area contributed by atoms with E-state index in [0.717, 1.165) is 24.8 Å². The van der Waals surface area contributed by atoms with E-state index in [4.69, 9.17) is 10.5 Å². The number of nitrogens with zero attached hydrogens (tertiary/aromatic N) is 1. The van der Waals surface area contributed by atoms with Gasteiger partial charge in [-0.1, -0.05) is 12.1 Å². The van der Waals surface area contributed by atoms with Crippen molar-refractivity contribution in [1.29, 1.82) is 0 Å². The van der Waals surface area contributed by atoms with Gasteiger partial charge in [0.05, 0.1) is 13.2 Å². The highest BCUT2D eigenvalue weighted by atomic mass is 19.1. The molecule has 1 aliphatic carbocycles. The lowest BCUT2D eigenvalue weighted by Crippen LogP contribution is -2.52. The predicted molar refractivity (Wildman–Crippen MR) is 77.1 cm³/mol. The highest BCUT2D eigenvalue weighted by molar-refractivity contribution is 5.77. The molecular formula is C16H21FN2O2. The Morgan fingerprint density at radius 1 is 1.38 bits per heavy atom. The van der Waals surface area contributed by atoms with E-state index >= 15 is 0 Å². The van der Waals surface area contributed by atoms with Gasteiger partial charge < -0.3 is 15.4 Å². The summed E-state index contributed by atoms with van der Waals surface area (Å²) in [6.45, 7) is 1.62. The van der Waals surface area contributed by atoms with Crippen LogP contribution >= 0.6 is 0 Å². The summed E-state index contributed by atoms with van der Waals surface area (Å²) in [4.78, 5) is 14.2. The molecule has 0 aromatic heterocycles. The van der Waals surface area contributed by atoms with Crippen molar-refractivity contribution >= 4 is 5.91 Å². The van der Waals surface area contributed by atoms with E-state index in [-0.39, 0.29) is 23.4 Å². The van der Waals surface area contributed by atoms with E-state index in [9.17, 15) is 9.18 Å². The van der Waals surface area contributed by atoms with Crippen molar-refractivity contribution in [2.75, 3.05) is 19.7 Å². The first-order valence-corrected chi connectivity index (χ1v) is 7.49. The third kappa shape index (κ3) is 3.24. The predicted octanol–water partition coefficient (Wildman–Crippen LogP) is 2.00. The van der Waals surface area contributed by atoms with Crippen LogP contribution in [0.2, 0.25) is 0 Å². The molecule has 1 atom stereocenters. The largest absolute Gasteiger partial charge is 0.370 e. The summed E-state index contributed by atoms with van der Waals surface area (Å²) in [5.41, 5.74) is 6.76. The first kappa shape index (κ1) is 14.5. The smallest absolute Gasteiger partial charge is 0.224 e. The van der Waals surface area contributed by atoms with Gasteiger partial charge in [0.2, 0.25) is 5.91 Å². The average Bonchev–Trinajstić information content (AvgIpc) is 2.46. The van der Waals surface area contributed by atoms with Crippen molar-refractivity contribution in [2.24, 2.45) is 5.73 Å². The molecular weight excluding hydrogens is 271 g/mol. The van der Waals surface area contributed by atoms with Crippen molar-refractivity contribution in [3.63, 3.8) is 0 Å². The van der Waals surface area contributed by atoms with Gasteiger partial charge in [0.1, 0.15) is 11.9 Å². The Kier molecular flexibility index (Phi) is 3.95. The normalized spacial score (nSPS) is 24.5. The third-order valence-corrected chi connectivity index (χ3v) is 4.51. The van der Waals surface area contributed by atoms with Crippen molar-refractivity contribution in [2.45, 2.75) is 37.3 Å². The van der Waals surface area contributed by atoms with Gasteiger partial charge in [-0.25, -0.2) is 4.39 Å². The second kappa shape index (κ2) is 5.73. The Morgan fingerprint density at radius 3 is 2.71 bits per heavy atom. The SMILES string of the molecule is NC1(CC(=O)N2CCOC(c3ccc(F)cc3)C2)CCC1. The lowest BCUT2D eigenvalue weighted by Gasteiger charge is -2.40. The van der Waals surface area contributed by atoms with Gasteiger partial charge in [-0.3, -0.25) is 4.79 Å². The van der Waals surface area contributed by atoms with Crippen LogP contribution in [0.1, 0.15) is 37.4 Å². The van der Waals surface area contributed by atoms with E-state index in [1.165, 1.54) is 12.1 Å². The lowest BCUT2D eigenvalue weighted by atomic mass is 9.75. The molecule has 1 unspecified atom stereocenters. The molecule has 2 fully saturated rings. The monoisotopic (exact) mass is 292 g/mol. The van der Waals surface area contributed by atoms with Crippen LogP contribution in [0.3, 0.4) is 0 Å². The van der Waals surface area contributed by atoms with Crippen molar-refractivity contribution in [1.82, 2.24) is 4.90 Å². The number of hydrogen-bond donors (Lipinski definition) is 1. The zero-order valence-electron chi connectivity index (χ0n) is 12.1. The van der Waals surface area contributed by atoms with E-state index in [1.54, 1.807) is 12.1 Å². The van der Waals surface area contributed by atoms with Crippen LogP contribution in [0, 0.1) is 5.82 Å². The number of nitrogens with two attached hydrogens (primary N) is 1. The fourth-order valence-electron chi connectivity index (χ4n) is 2.98. The number of amides is 1. The Labute approximate surface area is 124 Å². The molecule has 0 radical (unpaired) electrons. The number of rotatable bonds is 3. The lowest BCUT2D eigenvalue weighted by molar-refractivity contribution is -0.141. The topological polar surface area (TPSA) is 55.6 Å². The fourth-order valence-corrected chi connectivity index (χ4v) is 2.98. The summed E-state index contributed by atoms with van der Waals surface area (Å²) in [6.07, 6.45) is 3.22. The van der Waals surface area contributed by atoms with Gasteiger partial charge in [0.25, 0.3) is 0 Å². The van der Waals surface area contributed by atoms with Crippen molar-refractivity contribution in [3.8, 4) is 0 Å². The molecule has 1 aliphatic heterocycles. The molecule has 5 heteroatoms. The number of halogens is 1. The molecule has 114 valence electrons. The first-order valence-electron chi connectivity index (χ1n) is 7.49. The summed E-state index contributed by atoms with van der Waals surface area (Å²) in [7, 11) is 0. The van der Waals surface area contributed by atoms with Crippen LogP contribution in [0.15, 0.2) is 24.3 Å². The van der Waals surface area contributed by atoms with E-state index in [0.29, 0.717) is 26.1 Å². The Morgan fingerprint density at radius 2 is 2.10 bits per heavy atom. The summed E-state index contributed by atoms with van der Waals surface area (Å²) < 4.78 is 18.7. The van der Waals surface area contributed by atoms with E-state index in [1.807, 2.05) is 4.90 Å². The summed E-state index contributed by atoms with van der Waals surface area (Å²) >= 11 is 0. The van der Waals surface area contributed by atoms with Gasteiger partial charge in [0.15, 0.2) is 0 Å². The zero-order chi connectivity index (χ0) is 14.9. The quantitative estimate of drug-likeness (QED) is 0.927. The third-order valence-electron chi connectivity index (χ3n) is 4.51. The Bertz CT molecular complexity index is 514. The number of carbonyl (C=O) groups is 1. The van der Waals surface area contributed by atoms with Crippen molar-refractivity contribution < 1.29 is 13.9 Å². The minimum absolute atomic E-state index is 0.104. The maximum absolute atomic E-state index is 13.0. The Hall–Kier alpha value is -1.46. The van der Waals surface area contributed by atoms with Gasteiger partial charge >= 0.3 is 0 Å². The molecule has 0 spiro atoms. The summed E-state index contributed by atoms with van der Waals surface area (Å²) in [6, 6.07) is 6.26. The summed E-state index contributed by atoms with van der Waals surface area (Å²) in [5, 5.41) is 0. The van der Waals surface area contributed by atoms with Crippen LogP contribution in [-0.2, 0) is 9.53 Å². The molecule has 1 amide bonds. The number of carbonyl (C=O) groups excluding carboxylic acids is 1. The molecule has 21 heavy (non-hydrogen) atoms. The minimum atomic E-state index is -0.291. The van der Waals surface area contributed by atoms with E-state index in [2.05, 4.69) is 0 Å². The number of ether oxygens (including phenoxy) is 1. The van der Waals surface area contributed by atoms with Gasteiger partial charge in [0, 0.05) is 18.5 Å². The van der Waals surface area contributed by atoms with Crippen LogP contribution in [-0.4, -0.2) is 36.0 Å². The van der Waals surface area contributed by atoms with Crippen LogP contribution in [0.5, 0.6) is 0 Å². The molecule has 3 rings (SSSR count). The van der Waals surface area contributed by atoms with Gasteiger partial charge in [-0.2, -0.15) is 0 Å². The molecule has 2 N–H and O–H groups in total. The molecule has 1 heterocycles. The van der Waals surface area contributed by atoms with Crippen LogP contribution < -0.4 is 5.73 Å². The maximum Gasteiger partial charge on any atom is 0.224 e. The second-order valence-electron chi connectivity index (χ2n) is 6.14. The van der Waals surface area contributed by atoms with E-state index < -0.39 is 0 Å². The molecule has 1 saturated carbocycles. The fraction of sp³-hybridized carbons (Fsp3) is 0.562. The summed E-state index contributed by atoms with van der Waals surface area (Å²) in [5.74, 6) is -0.162. The zero-order valence-corrected chi connectivity index (χ0v) is 12.1. The van der Waals surface area contributed by atoms with Crippen LogP contribution in [0.25, 0.3) is 0 Å². The minimum Gasteiger partial charge on any atom is -0.370 e. The second-order valence-corrected chi connectivity index (χ2v) is 6.14. The average molecular weight is 292 g/mol. The molecule has 1 aromatic carbocycles. The molecule has 1 aromatic rings. The highest BCUT2D eigenvalue weighted by Crippen LogP contribution is 2.33. The molecule has 2 aliphatic rings. The number of hydrogen-bond acceptors (Lipinski definition) is 3. The molecule has 1 saturated heterocycles. The standard InChI is InChI=1S/C16H21FN2O2/c17-13-4-2-12(3-5-13)14-11-19(8-9-21-14)15(20)10-16(18)6-1-7-16/h2-5,14H,1,6-11,18H2. The first-order chi connectivity index (χ1) is 10.1. The number of morpholine rings is 1. The van der Waals surface area contributed by atoms with Gasteiger partial charge in [-0.05, 0) is 37.0 Å². The van der Waals surface area contributed by atoms with Crippen LogP contribution in [0.4, 0.5) is 4.39 Å². The molecule has 0 bridgehead atoms.